The number of fused-ring (bicyclic) bond motifs is 2. The molecule has 3 rings (SSSR count). The highest BCUT2D eigenvalue weighted by Crippen LogP contribution is 2.20. The minimum absolute atomic E-state index is 0.101. The van der Waals surface area contributed by atoms with Gasteiger partial charge in [0.2, 0.25) is 0 Å². The fraction of sp³-hybridized carbons (Fsp3) is 0.333. The van der Waals surface area contributed by atoms with E-state index in [9.17, 15) is 9.90 Å². The maximum Gasteiger partial charge on any atom is 0.261 e. The van der Waals surface area contributed by atoms with E-state index in [1.165, 1.54) is 10.9 Å². The largest absolute Gasteiger partial charge is 0.388 e. The quantitative estimate of drug-likeness (QED) is 0.753. The second-order valence-electron chi connectivity index (χ2n) is 5.83. The molecule has 0 aliphatic heterocycles. The van der Waals surface area contributed by atoms with E-state index in [-0.39, 0.29) is 12.1 Å². The van der Waals surface area contributed by atoms with E-state index in [4.69, 9.17) is 0 Å². The summed E-state index contributed by atoms with van der Waals surface area (Å²) in [4.78, 5) is 17.1. The summed E-state index contributed by atoms with van der Waals surface area (Å²) in [5, 5.41) is 13.1. The Bertz CT molecular complexity index is 879. The van der Waals surface area contributed by atoms with Crippen LogP contribution in [0.25, 0.3) is 21.7 Å². The molecule has 0 spiro atoms. The van der Waals surface area contributed by atoms with Gasteiger partial charge in [0.1, 0.15) is 0 Å². The minimum atomic E-state index is -0.865. The zero-order valence-electron chi connectivity index (χ0n) is 12.9. The van der Waals surface area contributed by atoms with Crippen molar-refractivity contribution in [1.29, 1.82) is 0 Å². The second kappa shape index (κ2) is 5.54. The molecule has 0 atom stereocenters. The topological polar surface area (TPSA) is 55.1 Å². The maximum atomic E-state index is 12.7. The Morgan fingerprint density at radius 1 is 1.14 bits per heavy atom. The summed E-state index contributed by atoms with van der Waals surface area (Å²) >= 11 is 0. The predicted molar refractivity (Wildman–Crippen MR) is 89.0 cm³/mol. The van der Waals surface area contributed by atoms with Gasteiger partial charge in [-0.1, -0.05) is 38.1 Å². The van der Waals surface area contributed by atoms with Gasteiger partial charge in [-0.05, 0) is 35.7 Å². The Morgan fingerprint density at radius 3 is 2.41 bits per heavy atom. The molecular weight excluding hydrogens is 276 g/mol. The van der Waals surface area contributed by atoms with E-state index in [0.29, 0.717) is 23.7 Å². The molecule has 0 aliphatic carbocycles. The number of nitrogens with zero attached hydrogens (tertiary/aromatic N) is 2. The van der Waals surface area contributed by atoms with Gasteiger partial charge >= 0.3 is 0 Å². The maximum absolute atomic E-state index is 12.7. The molecule has 3 aromatic rings. The molecule has 0 amide bonds. The van der Waals surface area contributed by atoms with Crippen LogP contribution in [0.15, 0.2) is 47.5 Å². The van der Waals surface area contributed by atoms with Crippen LogP contribution in [0, 0.1) is 0 Å². The van der Waals surface area contributed by atoms with Crippen LogP contribution >= 0.6 is 0 Å². The molecule has 0 bridgehead atoms. The highest BCUT2D eigenvalue weighted by molar-refractivity contribution is 5.95. The van der Waals surface area contributed by atoms with Gasteiger partial charge in [0, 0.05) is 0 Å². The van der Waals surface area contributed by atoms with E-state index < -0.39 is 5.60 Å². The van der Waals surface area contributed by atoms with Crippen molar-refractivity contribution in [3.63, 3.8) is 0 Å². The van der Waals surface area contributed by atoms with Crippen molar-refractivity contribution < 1.29 is 5.11 Å². The molecule has 0 fully saturated rings. The number of hydrogen-bond donors (Lipinski definition) is 1. The number of hydrogen-bond acceptors (Lipinski definition) is 3. The fourth-order valence-electron chi connectivity index (χ4n) is 2.75. The van der Waals surface area contributed by atoms with Crippen LogP contribution in [0.3, 0.4) is 0 Å². The highest BCUT2D eigenvalue weighted by atomic mass is 16.3. The van der Waals surface area contributed by atoms with E-state index in [1.54, 1.807) is 0 Å². The smallest absolute Gasteiger partial charge is 0.261 e. The average molecular weight is 296 g/mol. The Hall–Kier alpha value is -2.20. The van der Waals surface area contributed by atoms with E-state index in [1.807, 2.05) is 50.2 Å². The van der Waals surface area contributed by atoms with Gasteiger partial charge in [0.25, 0.3) is 5.56 Å². The zero-order valence-corrected chi connectivity index (χ0v) is 12.9. The minimum Gasteiger partial charge on any atom is -0.388 e. The summed E-state index contributed by atoms with van der Waals surface area (Å²) in [5.41, 5.74) is -0.275. The van der Waals surface area contributed by atoms with Crippen molar-refractivity contribution in [2.75, 3.05) is 0 Å². The third-order valence-corrected chi connectivity index (χ3v) is 4.47. The summed E-state index contributed by atoms with van der Waals surface area (Å²) in [5.74, 6) is 0. The first-order chi connectivity index (χ1) is 10.6. The van der Waals surface area contributed by atoms with Crippen LogP contribution in [0.2, 0.25) is 0 Å². The molecule has 1 aromatic heterocycles. The first-order valence-corrected chi connectivity index (χ1v) is 7.66. The van der Waals surface area contributed by atoms with Crippen LogP contribution in [-0.2, 0) is 6.54 Å². The summed E-state index contributed by atoms with van der Waals surface area (Å²) in [7, 11) is 0. The number of rotatable bonds is 4. The summed E-state index contributed by atoms with van der Waals surface area (Å²) < 4.78 is 1.52. The zero-order chi connectivity index (χ0) is 15.7. The van der Waals surface area contributed by atoms with Crippen molar-refractivity contribution in [3.05, 3.63) is 53.1 Å². The monoisotopic (exact) mass is 296 g/mol. The van der Waals surface area contributed by atoms with Crippen LogP contribution < -0.4 is 5.56 Å². The van der Waals surface area contributed by atoms with Crippen molar-refractivity contribution >= 4 is 21.7 Å². The highest BCUT2D eigenvalue weighted by Gasteiger charge is 2.23. The number of aliphatic hydroxyl groups is 1. The first kappa shape index (κ1) is 14.7. The molecule has 2 aromatic carbocycles. The molecule has 4 heteroatoms. The van der Waals surface area contributed by atoms with Gasteiger partial charge in [0.05, 0.1) is 29.4 Å². The lowest BCUT2D eigenvalue weighted by Gasteiger charge is -2.25. The second-order valence-corrected chi connectivity index (χ2v) is 5.83. The number of benzene rings is 2. The van der Waals surface area contributed by atoms with Crippen LogP contribution in [0.5, 0.6) is 0 Å². The van der Waals surface area contributed by atoms with Crippen molar-refractivity contribution in [2.45, 2.75) is 38.8 Å². The van der Waals surface area contributed by atoms with Gasteiger partial charge in [0.15, 0.2) is 0 Å². The van der Waals surface area contributed by atoms with Gasteiger partial charge in [-0.15, -0.1) is 0 Å². The van der Waals surface area contributed by atoms with Gasteiger partial charge in [-0.3, -0.25) is 9.36 Å². The molecule has 1 heterocycles. The Kier molecular flexibility index (Phi) is 3.71. The molecule has 0 radical (unpaired) electrons. The molecule has 0 saturated carbocycles. The normalized spacial score (nSPS) is 12.1. The lowest BCUT2D eigenvalue weighted by molar-refractivity contribution is 0.0140. The molecule has 114 valence electrons. The average Bonchev–Trinajstić information content (AvgIpc) is 2.56. The van der Waals surface area contributed by atoms with Crippen molar-refractivity contribution in [1.82, 2.24) is 9.55 Å². The lowest BCUT2D eigenvalue weighted by Crippen LogP contribution is -2.37. The number of aromatic nitrogens is 2. The predicted octanol–water partition coefficient (Wildman–Crippen LogP) is 3.10. The SMILES string of the molecule is CCC(O)(CC)Cn1cnc2cc3ccccc3cc2c1=O. The Balaban J connectivity index is 2.16. The first-order valence-electron chi connectivity index (χ1n) is 7.66. The molecule has 0 unspecified atom stereocenters. The fourth-order valence-corrected chi connectivity index (χ4v) is 2.75. The van der Waals surface area contributed by atoms with E-state index >= 15 is 0 Å². The van der Waals surface area contributed by atoms with Gasteiger partial charge < -0.3 is 5.11 Å². The van der Waals surface area contributed by atoms with Crippen molar-refractivity contribution in [3.8, 4) is 0 Å². The third-order valence-electron chi connectivity index (χ3n) is 4.47. The van der Waals surface area contributed by atoms with Crippen LogP contribution in [0.1, 0.15) is 26.7 Å². The molecule has 22 heavy (non-hydrogen) atoms. The lowest BCUT2D eigenvalue weighted by atomic mass is 9.97. The van der Waals surface area contributed by atoms with E-state index in [0.717, 1.165) is 10.8 Å². The molecule has 1 N–H and O–H groups in total. The summed E-state index contributed by atoms with van der Waals surface area (Å²) in [6.07, 6.45) is 2.74. The van der Waals surface area contributed by atoms with Crippen LogP contribution in [-0.4, -0.2) is 20.3 Å². The third kappa shape index (κ3) is 2.50. The Morgan fingerprint density at radius 2 is 1.77 bits per heavy atom. The summed E-state index contributed by atoms with van der Waals surface area (Å²) in [6, 6.07) is 11.7. The van der Waals surface area contributed by atoms with Gasteiger partial charge in [-0.25, -0.2) is 4.98 Å². The van der Waals surface area contributed by atoms with E-state index in [2.05, 4.69) is 4.98 Å². The molecule has 4 nitrogen and oxygen atoms in total. The summed E-state index contributed by atoms with van der Waals surface area (Å²) in [6.45, 7) is 4.13. The molecule has 0 saturated heterocycles. The van der Waals surface area contributed by atoms with Crippen LogP contribution in [0.4, 0.5) is 0 Å². The van der Waals surface area contributed by atoms with Crippen molar-refractivity contribution in [2.24, 2.45) is 0 Å². The Labute approximate surface area is 129 Å². The molecule has 0 aliphatic rings. The molecular formula is C18H20N2O2. The standard InChI is InChI=1S/C18H20N2O2/c1-3-18(22,4-2)11-20-12-19-16-10-14-8-6-5-7-13(14)9-15(16)17(20)21/h5-10,12,22H,3-4,11H2,1-2H3. The van der Waals surface area contributed by atoms with Gasteiger partial charge in [-0.2, -0.15) is 0 Å².